The lowest BCUT2D eigenvalue weighted by atomic mass is 10.0. The van der Waals surface area contributed by atoms with Crippen molar-refractivity contribution in [1.29, 1.82) is 0 Å². The molecule has 0 radical (unpaired) electrons. The number of hydrogen-bond acceptors (Lipinski definition) is 3. The molecule has 0 unspecified atom stereocenters. The highest BCUT2D eigenvalue weighted by molar-refractivity contribution is 5.97. The lowest BCUT2D eigenvalue weighted by molar-refractivity contribution is -0.137. The molecule has 3 rings (SSSR count). The molecule has 1 atom stereocenters. The maximum Gasteiger partial charge on any atom is 0.251 e. The molecular weight excluding hydrogens is 328 g/mol. The Labute approximate surface area is 154 Å². The van der Waals surface area contributed by atoms with E-state index in [1.165, 1.54) is 0 Å². The van der Waals surface area contributed by atoms with Crippen LogP contribution in [0.2, 0.25) is 0 Å². The van der Waals surface area contributed by atoms with Crippen LogP contribution in [0.4, 0.5) is 0 Å². The SMILES string of the molecule is Cc1ccc(C(=O)N[C@@H](Cc2ccccc2)C(=O)N2CCOCC2)cc1. The zero-order valence-electron chi connectivity index (χ0n) is 15.0. The Morgan fingerprint density at radius 1 is 1.04 bits per heavy atom. The summed E-state index contributed by atoms with van der Waals surface area (Å²) in [6.45, 7) is 4.17. The minimum atomic E-state index is -0.593. The van der Waals surface area contributed by atoms with Gasteiger partial charge in [0.05, 0.1) is 13.2 Å². The average Bonchev–Trinajstić information content (AvgIpc) is 2.69. The van der Waals surface area contributed by atoms with Crippen LogP contribution in [-0.4, -0.2) is 49.1 Å². The predicted molar refractivity (Wildman–Crippen MR) is 100.0 cm³/mol. The molecule has 5 heteroatoms. The van der Waals surface area contributed by atoms with E-state index >= 15 is 0 Å². The van der Waals surface area contributed by atoms with Crippen LogP contribution in [0.15, 0.2) is 54.6 Å². The largest absolute Gasteiger partial charge is 0.378 e. The summed E-state index contributed by atoms with van der Waals surface area (Å²) in [4.78, 5) is 27.4. The molecule has 0 saturated carbocycles. The highest BCUT2D eigenvalue weighted by atomic mass is 16.5. The third kappa shape index (κ3) is 4.70. The number of carbonyl (C=O) groups excluding carboxylic acids is 2. The summed E-state index contributed by atoms with van der Waals surface area (Å²) in [5.74, 6) is -0.287. The van der Waals surface area contributed by atoms with Gasteiger partial charge in [-0.2, -0.15) is 0 Å². The number of rotatable bonds is 5. The zero-order valence-corrected chi connectivity index (χ0v) is 15.0. The molecule has 1 fully saturated rings. The number of aryl methyl sites for hydroxylation is 1. The van der Waals surface area contributed by atoms with E-state index in [0.717, 1.165) is 11.1 Å². The van der Waals surface area contributed by atoms with Crippen molar-refractivity contribution in [3.63, 3.8) is 0 Å². The first-order valence-electron chi connectivity index (χ1n) is 8.91. The first-order chi connectivity index (χ1) is 12.6. The number of ether oxygens (including phenoxy) is 1. The molecule has 26 heavy (non-hydrogen) atoms. The molecule has 1 heterocycles. The van der Waals surface area contributed by atoms with Crippen molar-refractivity contribution < 1.29 is 14.3 Å². The molecule has 2 amide bonds. The van der Waals surface area contributed by atoms with Gasteiger partial charge in [0.15, 0.2) is 0 Å². The standard InChI is InChI=1S/C21H24N2O3/c1-16-7-9-18(10-8-16)20(24)22-19(15-17-5-3-2-4-6-17)21(25)23-11-13-26-14-12-23/h2-10,19H,11-15H2,1H3,(H,22,24)/t19-/m0/s1. The molecule has 0 bridgehead atoms. The fourth-order valence-electron chi connectivity index (χ4n) is 3.00. The van der Waals surface area contributed by atoms with Gasteiger partial charge in [0.25, 0.3) is 5.91 Å². The maximum atomic E-state index is 13.0. The van der Waals surface area contributed by atoms with Crippen LogP contribution in [0, 0.1) is 6.92 Å². The van der Waals surface area contributed by atoms with Gasteiger partial charge in [-0.3, -0.25) is 9.59 Å². The highest BCUT2D eigenvalue weighted by Crippen LogP contribution is 2.10. The average molecular weight is 352 g/mol. The lowest BCUT2D eigenvalue weighted by Crippen LogP contribution is -2.52. The van der Waals surface area contributed by atoms with Gasteiger partial charge in [0.2, 0.25) is 5.91 Å². The van der Waals surface area contributed by atoms with Crippen LogP contribution >= 0.6 is 0 Å². The normalized spacial score (nSPS) is 15.3. The maximum absolute atomic E-state index is 13.0. The van der Waals surface area contributed by atoms with E-state index in [1.807, 2.05) is 49.4 Å². The number of carbonyl (C=O) groups is 2. The number of hydrogen-bond donors (Lipinski definition) is 1. The van der Waals surface area contributed by atoms with Gasteiger partial charge in [-0.05, 0) is 24.6 Å². The van der Waals surface area contributed by atoms with Gasteiger partial charge in [-0.1, -0.05) is 48.0 Å². The van der Waals surface area contributed by atoms with Crippen LogP contribution < -0.4 is 5.32 Å². The van der Waals surface area contributed by atoms with Gasteiger partial charge >= 0.3 is 0 Å². The van der Waals surface area contributed by atoms with Crippen molar-refractivity contribution >= 4 is 11.8 Å². The Morgan fingerprint density at radius 2 is 1.69 bits per heavy atom. The van der Waals surface area contributed by atoms with Crippen molar-refractivity contribution in [2.24, 2.45) is 0 Å². The van der Waals surface area contributed by atoms with Crippen molar-refractivity contribution in [3.8, 4) is 0 Å². The van der Waals surface area contributed by atoms with Gasteiger partial charge in [0.1, 0.15) is 6.04 Å². The predicted octanol–water partition coefficient (Wildman–Crippen LogP) is 2.19. The van der Waals surface area contributed by atoms with E-state index in [-0.39, 0.29) is 11.8 Å². The number of amides is 2. The Kier molecular flexibility index (Phi) is 6.02. The molecule has 5 nitrogen and oxygen atoms in total. The van der Waals surface area contributed by atoms with E-state index in [9.17, 15) is 9.59 Å². The number of nitrogens with one attached hydrogen (secondary N) is 1. The number of nitrogens with zero attached hydrogens (tertiary/aromatic N) is 1. The van der Waals surface area contributed by atoms with Crippen molar-refractivity contribution in [1.82, 2.24) is 10.2 Å². The molecule has 0 aliphatic carbocycles. The number of benzene rings is 2. The summed E-state index contributed by atoms with van der Waals surface area (Å²) in [5.41, 5.74) is 2.67. The Hall–Kier alpha value is -2.66. The van der Waals surface area contributed by atoms with E-state index in [1.54, 1.807) is 17.0 Å². The molecule has 1 N–H and O–H groups in total. The van der Waals surface area contributed by atoms with E-state index in [4.69, 9.17) is 4.74 Å². The molecule has 1 aliphatic heterocycles. The monoisotopic (exact) mass is 352 g/mol. The minimum absolute atomic E-state index is 0.0578. The third-order valence-corrected chi connectivity index (χ3v) is 4.52. The van der Waals surface area contributed by atoms with Crippen LogP contribution in [0.3, 0.4) is 0 Å². The van der Waals surface area contributed by atoms with E-state index in [0.29, 0.717) is 38.3 Å². The summed E-state index contributed by atoms with van der Waals surface area (Å²) in [5, 5.41) is 2.93. The summed E-state index contributed by atoms with van der Waals surface area (Å²) in [6.07, 6.45) is 0.467. The quantitative estimate of drug-likeness (QED) is 0.897. The van der Waals surface area contributed by atoms with Gasteiger partial charge < -0.3 is 15.0 Å². The molecular formula is C21H24N2O3. The fraction of sp³-hybridized carbons (Fsp3) is 0.333. The molecule has 0 aromatic heterocycles. The van der Waals surface area contributed by atoms with E-state index < -0.39 is 6.04 Å². The third-order valence-electron chi connectivity index (χ3n) is 4.52. The second-order valence-corrected chi connectivity index (χ2v) is 6.52. The van der Waals surface area contributed by atoms with Gasteiger partial charge in [0, 0.05) is 25.1 Å². The molecule has 0 spiro atoms. The Balaban J connectivity index is 1.76. The minimum Gasteiger partial charge on any atom is -0.378 e. The van der Waals surface area contributed by atoms with Crippen LogP contribution in [0.1, 0.15) is 21.5 Å². The lowest BCUT2D eigenvalue weighted by Gasteiger charge is -2.31. The zero-order chi connectivity index (χ0) is 18.4. The Bertz CT molecular complexity index is 738. The van der Waals surface area contributed by atoms with Crippen molar-refractivity contribution in [3.05, 3.63) is 71.3 Å². The van der Waals surface area contributed by atoms with Crippen LogP contribution in [-0.2, 0) is 16.0 Å². The molecule has 1 saturated heterocycles. The van der Waals surface area contributed by atoms with Crippen LogP contribution in [0.25, 0.3) is 0 Å². The van der Waals surface area contributed by atoms with Gasteiger partial charge in [-0.15, -0.1) is 0 Å². The summed E-state index contributed by atoms with van der Waals surface area (Å²) in [7, 11) is 0. The molecule has 1 aliphatic rings. The van der Waals surface area contributed by atoms with E-state index in [2.05, 4.69) is 5.32 Å². The van der Waals surface area contributed by atoms with Crippen molar-refractivity contribution in [2.45, 2.75) is 19.4 Å². The Morgan fingerprint density at radius 3 is 2.35 bits per heavy atom. The summed E-state index contributed by atoms with van der Waals surface area (Å²) < 4.78 is 5.33. The second kappa shape index (κ2) is 8.63. The van der Waals surface area contributed by atoms with Crippen LogP contribution in [0.5, 0.6) is 0 Å². The first kappa shape index (κ1) is 18.1. The fourth-order valence-corrected chi connectivity index (χ4v) is 3.00. The molecule has 2 aromatic rings. The topological polar surface area (TPSA) is 58.6 Å². The number of morpholine rings is 1. The van der Waals surface area contributed by atoms with Gasteiger partial charge in [-0.25, -0.2) is 0 Å². The first-order valence-corrected chi connectivity index (χ1v) is 8.91. The second-order valence-electron chi connectivity index (χ2n) is 6.52. The molecule has 2 aromatic carbocycles. The van der Waals surface area contributed by atoms with Crippen molar-refractivity contribution in [2.75, 3.05) is 26.3 Å². The molecule has 136 valence electrons. The summed E-state index contributed by atoms with van der Waals surface area (Å²) in [6, 6.07) is 16.5. The highest BCUT2D eigenvalue weighted by Gasteiger charge is 2.27. The smallest absolute Gasteiger partial charge is 0.251 e. The summed E-state index contributed by atoms with van der Waals surface area (Å²) >= 11 is 0.